The van der Waals surface area contributed by atoms with Gasteiger partial charge in [0.05, 0.1) is 18.8 Å². The van der Waals surface area contributed by atoms with Gasteiger partial charge < -0.3 is 9.47 Å². The molecule has 20 heavy (non-hydrogen) atoms. The van der Waals surface area contributed by atoms with Crippen molar-refractivity contribution in [2.45, 2.75) is 71.8 Å². The SMILES string of the molecule is CCCCOCCOC1(CBr)CCC(C(C)(C)C)CC1. The molecule has 0 radical (unpaired) electrons. The third kappa shape index (κ3) is 6.03. The Morgan fingerprint density at radius 2 is 1.75 bits per heavy atom. The van der Waals surface area contributed by atoms with E-state index in [0.717, 1.165) is 37.5 Å². The van der Waals surface area contributed by atoms with Crippen molar-refractivity contribution in [3.63, 3.8) is 0 Å². The second-order valence-corrected chi connectivity index (χ2v) is 7.83. The molecule has 120 valence electrons. The first-order chi connectivity index (χ1) is 9.43. The van der Waals surface area contributed by atoms with Gasteiger partial charge in [0.2, 0.25) is 0 Å². The van der Waals surface area contributed by atoms with Crippen LogP contribution in [0.15, 0.2) is 0 Å². The summed E-state index contributed by atoms with van der Waals surface area (Å²) in [5.41, 5.74) is 0.484. The van der Waals surface area contributed by atoms with Crippen LogP contribution in [-0.4, -0.2) is 30.8 Å². The summed E-state index contributed by atoms with van der Waals surface area (Å²) in [4.78, 5) is 0. The minimum absolute atomic E-state index is 0.0515. The van der Waals surface area contributed by atoms with Gasteiger partial charge in [-0.1, -0.05) is 50.0 Å². The molecule has 2 nitrogen and oxygen atoms in total. The number of alkyl halides is 1. The number of hydrogen-bond donors (Lipinski definition) is 0. The summed E-state index contributed by atoms with van der Waals surface area (Å²) in [7, 11) is 0. The quantitative estimate of drug-likeness (QED) is 0.443. The maximum absolute atomic E-state index is 6.19. The Bertz CT molecular complexity index is 252. The van der Waals surface area contributed by atoms with E-state index in [4.69, 9.17) is 9.47 Å². The Labute approximate surface area is 134 Å². The van der Waals surface area contributed by atoms with E-state index >= 15 is 0 Å². The van der Waals surface area contributed by atoms with Gasteiger partial charge in [0, 0.05) is 11.9 Å². The highest BCUT2D eigenvalue weighted by Gasteiger charge is 2.38. The molecule has 0 heterocycles. The molecule has 0 saturated heterocycles. The van der Waals surface area contributed by atoms with E-state index in [2.05, 4.69) is 43.6 Å². The third-order valence-electron chi connectivity index (χ3n) is 4.64. The van der Waals surface area contributed by atoms with E-state index in [-0.39, 0.29) is 5.60 Å². The van der Waals surface area contributed by atoms with Crippen LogP contribution < -0.4 is 0 Å². The van der Waals surface area contributed by atoms with E-state index < -0.39 is 0 Å². The first kappa shape index (κ1) is 18.4. The highest BCUT2D eigenvalue weighted by molar-refractivity contribution is 9.09. The summed E-state index contributed by atoms with van der Waals surface area (Å²) in [6.45, 7) is 11.6. The lowest BCUT2D eigenvalue weighted by molar-refractivity contribution is -0.0856. The molecular formula is C17H33BrO2. The van der Waals surface area contributed by atoms with Gasteiger partial charge in [0.15, 0.2) is 0 Å². The minimum atomic E-state index is 0.0515. The average molecular weight is 349 g/mol. The lowest BCUT2D eigenvalue weighted by atomic mass is 9.69. The molecule has 0 aromatic rings. The molecule has 0 aromatic carbocycles. The van der Waals surface area contributed by atoms with E-state index in [1.165, 1.54) is 32.1 Å². The van der Waals surface area contributed by atoms with Crippen molar-refractivity contribution in [1.29, 1.82) is 0 Å². The van der Waals surface area contributed by atoms with Gasteiger partial charge in [-0.2, -0.15) is 0 Å². The molecule has 0 N–H and O–H groups in total. The Morgan fingerprint density at radius 3 is 2.25 bits per heavy atom. The molecule has 1 fully saturated rings. The molecule has 0 unspecified atom stereocenters. The monoisotopic (exact) mass is 348 g/mol. The average Bonchev–Trinajstić information content (AvgIpc) is 2.42. The first-order valence-corrected chi connectivity index (χ1v) is 9.33. The van der Waals surface area contributed by atoms with Gasteiger partial charge in [0.25, 0.3) is 0 Å². The van der Waals surface area contributed by atoms with Crippen LogP contribution in [0.4, 0.5) is 0 Å². The molecule has 0 atom stereocenters. The summed E-state index contributed by atoms with van der Waals surface area (Å²) >= 11 is 3.67. The molecule has 0 amide bonds. The van der Waals surface area contributed by atoms with Crippen LogP contribution in [0.2, 0.25) is 0 Å². The topological polar surface area (TPSA) is 18.5 Å². The Kier molecular flexibility index (Phi) is 8.07. The summed E-state index contributed by atoms with van der Waals surface area (Å²) in [5, 5.41) is 0.950. The number of rotatable bonds is 8. The van der Waals surface area contributed by atoms with Gasteiger partial charge in [-0.05, 0) is 43.4 Å². The molecule has 1 aliphatic carbocycles. The Balaban J connectivity index is 2.28. The maximum Gasteiger partial charge on any atom is 0.0780 e. The Morgan fingerprint density at radius 1 is 1.10 bits per heavy atom. The van der Waals surface area contributed by atoms with Gasteiger partial charge in [-0.3, -0.25) is 0 Å². The summed E-state index contributed by atoms with van der Waals surface area (Å²) < 4.78 is 11.8. The fourth-order valence-corrected chi connectivity index (χ4v) is 3.71. The van der Waals surface area contributed by atoms with Gasteiger partial charge in [-0.15, -0.1) is 0 Å². The maximum atomic E-state index is 6.19. The molecule has 0 bridgehead atoms. The van der Waals surface area contributed by atoms with E-state index in [9.17, 15) is 0 Å². The molecule has 3 heteroatoms. The summed E-state index contributed by atoms with van der Waals surface area (Å²) in [5.74, 6) is 0.832. The normalized spacial score (nSPS) is 27.8. The molecule has 0 aliphatic heterocycles. The van der Waals surface area contributed by atoms with Crippen molar-refractivity contribution in [1.82, 2.24) is 0 Å². The van der Waals surface area contributed by atoms with Gasteiger partial charge in [0.1, 0.15) is 0 Å². The lowest BCUT2D eigenvalue weighted by Crippen LogP contribution is -2.42. The molecule has 1 aliphatic rings. The zero-order valence-corrected chi connectivity index (χ0v) is 15.4. The van der Waals surface area contributed by atoms with E-state index in [1.807, 2.05) is 0 Å². The molecule has 0 aromatic heterocycles. The predicted molar refractivity (Wildman–Crippen MR) is 89.6 cm³/mol. The number of hydrogen-bond acceptors (Lipinski definition) is 2. The van der Waals surface area contributed by atoms with Crippen molar-refractivity contribution in [2.75, 3.05) is 25.2 Å². The molecule has 0 spiro atoms. The van der Waals surface area contributed by atoms with Crippen LogP contribution in [0.1, 0.15) is 66.2 Å². The smallest absolute Gasteiger partial charge is 0.0780 e. The largest absolute Gasteiger partial charge is 0.379 e. The lowest BCUT2D eigenvalue weighted by Gasteiger charge is -2.43. The van der Waals surface area contributed by atoms with Gasteiger partial charge in [-0.25, -0.2) is 0 Å². The summed E-state index contributed by atoms with van der Waals surface area (Å²) in [6, 6.07) is 0. The van der Waals surface area contributed by atoms with Crippen molar-refractivity contribution in [3.8, 4) is 0 Å². The minimum Gasteiger partial charge on any atom is -0.379 e. The third-order valence-corrected chi connectivity index (χ3v) is 5.67. The van der Waals surface area contributed by atoms with Crippen LogP contribution in [0.3, 0.4) is 0 Å². The van der Waals surface area contributed by atoms with Crippen LogP contribution in [0.25, 0.3) is 0 Å². The molecule has 1 rings (SSSR count). The Hall–Kier alpha value is 0.400. The predicted octanol–water partition coefficient (Wildman–Crippen LogP) is 5.19. The van der Waals surface area contributed by atoms with Gasteiger partial charge >= 0.3 is 0 Å². The standard InChI is InChI=1S/C17H33BrO2/c1-5-6-11-19-12-13-20-17(14-18)9-7-15(8-10-17)16(2,3)4/h15H,5-14H2,1-4H3. The van der Waals surface area contributed by atoms with Crippen molar-refractivity contribution in [2.24, 2.45) is 11.3 Å². The van der Waals surface area contributed by atoms with E-state index in [0.29, 0.717) is 5.41 Å². The number of ether oxygens (including phenoxy) is 2. The zero-order chi connectivity index (χ0) is 15.1. The van der Waals surface area contributed by atoms with Crippen LogP contribution >= 0.6 is 15.9 Å². The van der Waals surface area contributed by atoms with Crippen molar-refractivity contribution < 1.29 is 9.47 Å². The number of halogens is 1. The highest BCUT2D eigenvalue weighted by Crippen LogP contribution is 2.43. The molecule has 1 saturated carbocycles. The second-order valence-electron chi connectivity index (χ2n) is 7.27. The van der Waals surface area contributed by atoms with Crippen LogP contribution in [0, 0.1) is 11.3 Å². The zero-order valence-electron chi connectivity index (χ0n) is 13.8. The highest BCUT2D eigenvalue weighted by atomic mass is 79.9. The van der Waals surface area contributed by atoms with E-state index in [1.54, 1.807) is 0 Å². The van der Waals surface area contributed by atoms with Crippen molar-refractivity contribution in [3.05, 3.63) is 0 Å². The fourth-order valence-electron chi connectivity index (χ4n) is 2.99. The second kappa shape index (κ2) is 8.75. The molecular weight excluding hydrogens is 316 g/mol. The fraction of sp³-hybridized carbons (Fsp3) is 1.00. The summed E-state index contributed by atoms with van der Waals surface area (Å²) in [6.07, 6.45) is 7.26. The van der Waals surface area contributed by atoms with Crippen LogP contribution in [0.5, 0.6) is 0 Å². The van der Waals surface area contributed by atoms with Crippen molar-refractivity contribution >= 4 is 15.9 Å². The van der Waals surface area contributed by atoms with Crippen LogP contribution in [-0.2, 0) is 9.47 Å². The number of unbranched alkanes of at least 4 members (excludes halogenated alkanes) is 1. The first-order valence-electron chi connectivity index (χ1n) is 8.21.